The Hall–Kier alpha value is -6.85. The lowest BCUT2D eigenvalue weighted by molar-refractivity contribution is 1.36. The summed E-state index contributed by atoms with van der Waals surface area (Å²) in [5.74, 6) is 0. The van der Waals surface area contributed by atoms with Crippen molar-refractivity contribution in [3.05, 3.63) is 164 Å². The minimum absolute atomic E-state index is 0.920. The van der Waals surface area contributed by atoms with Gasteiger partial charge in [0.05, 0.1) is 33.5 Å². The number of fused-ring (bicyclic) bond motifs is 6. The first-order valence-corrected chi connectivity index (χ1v) is 16.6. The van der Waals surface area contributed by atoms with Crippen molar-refractivity contribution in [1.29, 1.82) is 0 Å². The van der Waals surface area contributed by atoms with E-state index in [1.54, 1.807) is 0 Å². The van der Waals surface area contributed by atoms with Crippen LogP contribution in [-0.4, -0.2) is 24.9 Å². The Balaban J connectivity index is 0.967. The highest BCUT2D eigenvalue weighted by Gasteiger charge is 2.12. The minimum atomic E-state index is 0.920. The van der Waals surface area contributed by atoms with Crippen LogP contribution in [0.4, 0.5) is 0 Å². The number of hydrogen-bond donors (Lipinski definition) is 0. The minimum Gasteiger partial charge on any atom is -0.264 e. The Labute approximate surface area is 287 Å². The highest BCUT2D eigenvalue weighted by molar-refractivity contribution is 6.10. The summed E-state index contributed by atoms with van der Waals surface area (Å²) in [4.78, 5) is 23.7. The van der Waals surface area contributed by atoms with Gasteiger partial charge in [0.25, 0.3) is 0 Å². The van der Waals surface area contributed by atoms with Gasteiger partial charge in [0.1, 0.15) is 0 Å². The number of pyridine rings is 5. The Bertz CT molecular complexity index is 2930. The van der Waals surface area contributed by atoms with Crippen LogP contribution in [0.25, 0.3) is 99.2 Å². The van der Waals surface area contributed by atoms with Crippen LogP contribution in [0.15, 0.2) is 164 Å². The number of nitrogens with zero attached hydrogens (tertiary/aromatic N) is 5. The molecule has 0 spiro atoms. The van der Waals surface area contributed by atoms with Crippen LogP contribution in [-0.2, 0) is 0 Å². The van der Waals surface area contributed by atoms with Crippen molar-refractivity contribution in [2.45, 2.75) is 0 Å². The van der Waals surface area contributed by atoms with Gasteiger partial charge in [0, 0.05) is 62.8 Å². The molecule has 5 aromatic carbocycles. The third kappa shape index (κ3) is 4.75. The van der Waals surface area contributed by atoms with Crippen LogP contribution in [0.1, 0.15) is 0 Å². The van der Waals surface area contributed by atoms with E-state index in [0.717, 1.165) is 99.2 Å². The molecule has 0 aliphatic carbocycles. The molecule has 0 aliphatic rings. The maximum Gasteiger partial charge on any atom is 0.0970 e. The van der Waals surface area contributed by atoms with E-state index in [9.17, 15) is 0 Å². The molecule has 0 fully saturated rings. The van der Waals surface area contributed by atoms with E-state index in [2.05, 4.69) is 142 Å². The Kier molecular flexibility index (Phi) is 6.42. The fraction of sp³-hybridized carbons (Fsp3) is 0. The van der Waals surface area contributed by atoms with Gasteiger partial charge in [-0.2, -0.15) is 0 Å². The van der Waals surface area contributed by atoms with Gasteiger partial charge in [-0.3, -0.25) is 15.0 Å². The largest absolute Gasteiger partial charge is 0.264 e. The number of rotatable bonds is 4. The van der Waals surface area contributed by atoms with Crippen LogP contribution in [0.5, 0.6) is 0 Å². The predicted molar refractivity (Wildman–Crippen MR) is 205 cm³/mol. The molecule has 10 aromatic rings. The molecule has 0 atom stereocenters. The summed E-state index contributed by atoms with van der Waals surface area (Å²) >= 11 is 0. The highest BCUT2D eigenvalue weighted by Crippen LogP contribution is 2.35. The molecule has 0 saturated heterocycles. The molecular formula is C45H27N5. The van der Waals surface area contributed by atoms with Crippen LogP contribution in [0, 0.1) is 0 Å². The van der Waals surface area contributed by atoms with Gasteiger partial charge >= 0.3 is 0 Å². The van der Waals surface area contributed by atoms with Crippen molar-refractivity contribution in [2.24, 2.45) is 0 Å². The third-order valence-electron chi connectivity index (χ3n) is 9.62. The molecule has 0 unspecified atom stereocenters. The number of benzene rings is 5. The summed E-state index contributed by atoms with van der Waals surface area (Å²) in [6, 6.07) is 48.9. The normalized spacial score (nSPS) is 11.6. The molecule has 5 heterocycles. The van der Waals surface area contributed by atoms with Gasteiger partial charge in [-0.05, 0) is 82.2 Å². The van der Waals surface area contributed by atoms with Gasteiger partial charge in [0.2, 0.25) is 0 Å². The number of hydrogen-bond acceptors (Lipinski definition) is 5. The maximum atomic E-state index is 5.10. The van der Waals surface area contributed by atoms with Crippen LogP contribution >= 0.6 is 0 Å². The second-order valence-electron chi connectivity index (χ2n) is 12.6. The average Bonchev–Trinajstić information content (AvgIpc) is 3.19. The van der Waals surface area contributed by atoms with Crippen LogP contribution < -0.4 is 0 Å². The molecule has 0 N–H and O–H groups in total. The van der Waals surface area contributed by atoms with Crippen molar-refractivity contribution >= 4 is 54.4 Å². The van der Waals surface area contributed by atoms with Crippen molar-refractivity contribution < 1.29 is 0 Å². The van der Waals surface area contributed by atoms with E-state index in [1.165, 1.54) is 0 Å². The first-order valence-electron chi connectivity index (χ1n) is 16.6. The van der Waals surface area contributed by atoms with Crippen LogP contribution in [0.3, 0.4) is 0 Å². The lowest BCUT2D eigenvalue weighted by Crippen LogP contribution is -1.90. The van der Waals surface area contributed by atoms with E-state index < -0.39 is 0 Å². The zero-order chi connectivity index (χ0) is 33.0. The maximum absolute atomic E-state index is 5.10. The molecular weight excluding hydrogens is 611 g/mol. The lowest BCUT2D eigenvalue weighted by Gasteiger charge is -2.11. The zero-order valence-electron chi connectivity index (χ0n) is 26.8. The second kappa shape index (κ2) is 11.4. The van der Waals surface area contributed by atoms with Crippen molar-refractivity contribution in [2.75, 3.05) is 0 Å². The number of aromatic nitrogens is 5. The summed E-state index contributed by atoms with van der Waals surface area (Å²) in [6.45, 7) is 0. The average molecular weight is 638 g/mol. The van der Waals surface area contributed by atoms with Gasteiger partial charge in [-0.15, -0.1) is 0 Å². The van der Waals surface area contributed by atoms with Crippen LogP contribution in [0.2, 0.25) is 0 Å². The molecule has 10 rings (SSSR count). The molecule has 50 heavy (non-hydrogen) atoms. The molecule has 0 radical (unpaired) electrons. The van der Waals surface area contributed by atoms with Crippen molar-refractivity contribution in [3.8, 4) is 44.8 Å². The van der Waals surface area contributed by atoms with E-state index in [-0.39, 0.29) is 0 Å². The molecule has 5 nitrogen and oxygen atoms in total. The second-order valence-corrected chi connectivity index (χ2v) is 12.6. The quantitative estimate of drug-likeness (QED) is 0.180. The van der Waals surface area contributed by atoms with Gasteiger partial charge in [-0.1, -0.05) is 84.9 Å². The fourth-order valence-corrected chi connectivity index (χ4v) is 7.09. The predicted octanol–water partition coefficient (Wildman–Crippen LogP) is 11.1. The first-order chi connectivity index (χ1) is 24.7. The Morgan fingerprint density at radius 2 is 1.08 bits per heavy atom. The lowest BCUT2D eigenvalue weighted by atomic mass is 9.96. The van der Waals surface area contributed by atoms with Crippen molar-refractivity contribution in [1.82, 2.24) is 24.9 Å². The Morgan fingerprint density at radius 1 is 0.360 bits per heavy atom. The van der Waals surface area contributed by atoms with Gasteiger partial charge in [0.15, 0.2) is 0 Å². The fourth-order valence-electron chi connectivity index (χ4n) is 7.09. The summed E-state index contributed by atoms with van der Waals surface area (Å²) in [6.07, 6.45) is 7.39. The SMILES string of the molecule is c1cc(-c2ccc3ccc(-c4ccc5nc(-c6ccc(-c7cc8cccnc8c8ncccc78)cc6)ccc5c4)cc3n2)c2ccncc2c1. The summed E-state index contributed by atoms with van der Waals surface area (Å²) < 4.78 is 0. The summed E-state index contributed by atoms with van der Waals surface area (Å²) in [7, 11) is 0. The monoisotopic (exact) mass is 637 g/mol. The van der Waals surface area contributed by atoms with E-state index in [1.807, 2.05) is 36.9 Å². The molecule has 0 bridgehead atoms. The molecule has 5 aromatic heterocycles. The van der Waals surface area contributed by atoms with Crippen molar-refractivity contribution in [3.63, 3.8) is 0 Å². The van der Waals surface area contributed by atoms with Gasteiger partial charge < -0.3 is 0 Å². The summed E-state index contributed by atoms with van der Waals surface area (Å²) in [5.41, 5.74) is 12.4. The Morgan fingerprint density at radius 3 is 2.02 bits per heavy atom. The standard InChI is InChI=1S/C45H27N5/c1-4-35-27-46-23-20-36(35)37(6-1)42-19-14-30-12-13-32(26-43(30)50-42)31-15-17-41-33(24-31)16-18-40(49-41)29-10-8-28(9-11-29)39-25-34-5-2-21-47-44(34)45-38(39)7-3-22-48-45/h1-27H. The molecule has 232 valence electrons. The summed E-state index contributed by atoms with van der Waals surface area (Å²) in [5, 5.41) is 6.64. The zero-order valence-corrected chi connectivity index (χ0v) is 26.8. The molecule has 5 heteroatoms. The highest BCUT2D eigenvalue weighted by atomic mass is 14.7. The topological polar surface area (TPSA) is 64.5 Å². The molecule has 0 amide bonds. The van der Waals surface area contributed by atoms with E-state index in [4.69, 9.17) is 9.97 Å². The first kappa shape index (κ1) is 28.2. The van der Waals surface area contributed by atoms with E-state index in [0.29, 0.717) is 0 Å². The molecule has 0 aliphatic heterocycles. The van der Waals surface area contributed by atoms with E-state index >= 15 is 0 Å². The smallest absolute Gasteiger partial charge is 0.0970 e. The molecule has 0 saturated carbocycles. The third-order valence-corrected chi connectivity index (χ3v) is 9.62. The van der Waals surface area contributed by atoms with Gasteiger partial charge in [-0.25, -0.2) is 9.97 Å².